The van der Waals surface area contributed by atoms with Crippen LogP contribution in [0.1, 0.15) is 125 Å². The molecule has 4 aromatic carbocycles. The van der Waals surface area contributed by atoms with Crippen LogP contribution in [0.5, 0.6) is 11.5 Å². The van der Waals surface area contributed by atoms with Crippen molar-refractivity contribution in [1.82, 2.24) is 82.3 Å². The van der Waals surface area contributed by atoms with E-state index in [2.05, 4.69) is 63.2 Å². The molecule has 30 nitrogen and oxygen atoms in total. The minimum Gasteiger partial charge on any atom is -0.487 e. The molecule has 0 saturated carbocycles. The first-order valence-corrected chi connectivity index (χ1v) is 35.5. The van der Waals surface area contributed by atoms with Crippen molar-refractivity contribution >= 4 is 59.2 Å². The normalized spacial score (nSPS) is 21.9. The first kappa shape index (κ1) is 83.0. The molecule has 12 rings (SSSR count). The quantitative estimate of drug-likeness (QED) is 0.0688. The SMILES string of the molecule is CN[C@@H](C)C(=O)N[C@H](C(=O)N1C[C@@H]2C[C@H]1C(=O)N[C@@H](Cc1cccc(C(F)(F)F)c1)C(=O)N[C@H](C(=O)O)Cc1ccc(cc1)OCc1cn(nn1)[C@H]1C[C@@H](C(=O)N[C@@H](Cc3cccc(C(F)(F)F)c3)C(=O)N[C@H](C(=O)O)Cc3ccc(cc3)OCc3cn2nn3)N(C(=O)[C@@H](NC(=O)[C@H](C)NC)C(C)(C)C)C1)C(C)(C)C. The molecule has 8 heterocycles. The van der Waals surface area contributed by atoms with Crippen LogP contribution in [0.4, 0.5) is 26.3 Å². The van der Waals surface area contributed by atoms with E-state index in [1.165, 1.54) is 106 Å². The van der Waals surface area contributed by atoms with Gasteiger partial charge in [0.25, 0.3) is 0 Å². The van der Waals surface area contributed by atoms with E-state index in [9.17, 15) is 65.3 Å². The molecule has 0 unspecified atom stereocenters. The van der Waals surface area contributed by atoms with Crippen LogP contribution in [-0.4, -0.2) is 197 Å². The molecule has 6 aliphatic heterocycles. The molecule has 0 radical (unpaired) electrons. The van der Waals surface area contributed by atoms with Crippen molar-refractivity contribution in [3.05, 3.63) is 154 Å². The maximum atomic E-state index is 15.1. The molecule has 0 aliphatic carbocycles. The molecule has 6 aliphatic rings. The van der Waals surface area contributed by atoms with Gasteiger partial charge in [0.1, 0.15) is 84.4 Å². The molecule has 0 spiro atoms. The van der Waals surface area contributed by atoms with E-state index in [4.69, 9.17) is 9.47 Å². The molecule has 8 amide bonds. The fourth-order valence-electron chi connectivity index (χ4n) is 12.9. The standard InChI is InChI=1S/C74H90F6N16O14/c1-39(81-9)61(97)87-59(71(3,4)5)67(103)93-35-49-31-57(93)65(101)83-53(29-43-13-11-15-45(25-43)73(75,76)77)63(99)85-55(69(105)106)27-41-19-23-52(24-20-41)110-38-48-34-96(92-90-48)50-32-58(94(36-50)68(104)60(72(6,7)8)88-62(98)40(2)82-10)66(102)84-54(30-44-14-12-16-46(26-44)74(78,79)80)64(100)86-56(70(107)108)28-42-17-21-51(22-18-42)109-37-47-33-95(49)91-89-47/h11-26,33-34,39-40,49-50,53-60,81-82H,27-32,35-38H2,1-10H3,(H,83,101)(H,84,102)(H,85,99)(H,86,100)(H,87,97)(H,88,98)(H,105,106)(H,107,108)/t39-,40-,49-,50-,53-,54-,55-,56-,57-,58-,59+,60+/m0/s1. The maximum absolute atomic E-state index is 15.1. The van der Waals surface area contributed by atoms with E-state index in [0.29, 0.717) is 11.1 Å². The first-order valence-electron chi connectivity index (χ1n) is 35.5. The highest BCUT2D eigenvalue weighted by molar-refractivity contribution is 5.98. The number of aromatic nitrogens is 6. The molecule has 12 bridgehead atoms. The lowest BCUT2D eigenvalue weighted by Crippen LogP contribution is -2.60. The molecule has 6 aromatic rings. The number of carbonyl (C=O) groups is 10. The molecule has 10 N–H and O–H groups in total. The molecule has 2 aromatic heterocycles. The number of nitrogens with one attached hydrogen (secondary N) is 8. The summed E-state index contributed by atoms with van der Waals surface area (Å²) in [5.41, 5.74) is -3.26. The van der Waals surface area contributed by atoms with Crippen molar-refractivity contribution in [3.63, 3.8) is 0 Å². The van der Waals surface area contributed by atoms with E-state index < -0.39 is 179 Å². The highest BCUT2D eigenvalue weighted by Crippen LogP contribution is 2.36. The van der Waals surface area contributed by atoms with E-state index >= 15 is 19.2 Å². The number of ether oxygens (including phenoxy) is 2. The third-order valence-corrected chi connectivity index (χ3v) is 19.4. The molecule has 12 atom stereocenters. The molecular formula is C74H90F6N16O14. The summed E-state index contributed by atoms with van der Waals surface area (Å²) in [6.45, 7) is 12.2. The van der Waals surface area contributed by atoms with Crippen molar-refractivity contribution in [1.29, 1.82) is 0 Å². The van der Waals surface area contributed by atoms with Gasteiger partial charge in [-0.15, -0.1) is 10.2 Å². The third-order valence-electron chi connectivity index (χ3n) is 19.4. The summed E-state index contributed by atoms with van der Waals surface area (Å²) in [7, 11) is 3.07. The van der Waals surface area contributed by atoms with E-state index in [1.807, 2.05) is 0 Å². The van der Waals surface area contributed by atoms with Crippen molar-refractivity contribution in [3.8, 4) is 11.5 Å². The summed E-state index contributed by atoms with van der Waals surface area (Å²) in [4.78, 5) is 145. The lowest BCUT2D eigenvalue weighted by molar-refractivity contribution is -0.145. The van der Waals surface area contributed by atoms with Gasteiger partial charge in [-0.3, -0.25) is 38.4 Å². The lowest BCUT2D eigenvalue weighted by Gasteiger charge is -2.36. The Morgan fingerprint density at radius 2 is 0.882 bits per heavy atom. The number of likely N-dealkylation sites (N-methyl/N-ethyl adjacent to an activating group) is 2. The van der Waals surface area contributed by atoms with Crippen LogP contribution in [0.15, 0.2) is 109 Å². The van der Waals surface area contributed by atoms with Crippen molar-refractivity contribution in [2.75, 3.05) is 27.2 Å². The van der Waals surface area contributed by atoms with Crippen LogP contribution in [0.2, 0.25) is 0 Å². The van der Waals surface area contributed by atoms with E-state index in [-0.39, 0.29) is 86.0 Å². The number of benzene rings is 4. The highest BCUT2D eigenvalue weighted by atomic mass is 19.4. The second-order valence-electron chi connectivity index (χ2n) is 29.8. The van der Waals surface area contributed by atoms with Crippen molar-refractivity contribution in [2.24, 2.45) is 10.8 Å². The van der Waals surface area contributed by atoms with Gasteiger partial charge in [-0.1, -0.05) is 113 Å². The average molecular weight is 1540 g/mol. The van der Waals surface area contributed by atoms with Crippen LogP contribution in [0.25, 0.3) is 0 Å². The molecule has 2 saturated heterocycles. The Morgan fingerprint density at radius 1 is 0.527 bits per heavy atom. The third kappa shape index (κ3) is 21.3. The summed E-state index contributed by atoms with van der Waals surface area (Å²) in [6, 6.07) is 3.97. The van der Waals surface area contributed by atoms with Gasteiger partial charge in [0.05, 0.1) is 47.7 Å². The Bertz CT molecular complexity index is 4060. The summed E-state index contributed by atoms with van der Waals surface area (Å²) in [6.07, 6.45) is -9.17. The number of carboxylic acid groups (broad SMARTS) is 2. The molecule has 36 heteroatoms. The van der Waals surface area contributed by atoms with Crippen LogP contribution < -0.4 is 52.0 Å². The Labute approximate surface area is 628 Å². The average Bonchev–Trinajstić information content (AvgIpc) is 1.67. The molecule has 592 valence electrons. The first-order chi connectivity index (χ1) is 51.7. The second-order valence-corrected chi connectivity index (χ2v) is 29.8. The number of aliphatic carboxylic acids is 2. The van der Waals surface area contributed by atoms with Gasteiger partial charge in [0.2, 0.25) is 47.3 Å². The smallest absolute Gasteiger partial charge is 0.416 e. The number of hydrogen-bond donors (Lipinski definition) is 10. The van der Waals surface area contributed by atoms with Crippen LogP contribution >= 0.6 is 0 Å². The number of halogens is 6. The van der Waals surface area contributed by atoms with Gasteiger partial charge < -0.3 is 72.0 Å². The number of nitrogens with zero attached hydrogens (tertiary/aromatic N) is 8. The predicted octanol–water partition coefficient (Wildman–Crippen LogP) is 4.02. The fraction of sp³-hybridized carbons (Fsp3) is 0.486. The van der Waals surface area contributed by atoms with Gasteiger partial charge in [0, 0.05) is 51.6 Å². The molecular weight excluding hydrogens is 1450 g/mol. The number of carbonyl (C=O) groups excluding carboxylic acids is 8. The fourth-order valence-corrected chi connectivity index (χ4v) is 12.9. The van der Waals surface area contributed by atoms with Crippen molar-refractivity contribution in [2.45, 2.75) is 192 Å². The number of amides is 8. The van der Waals surface area contributed by atoms with Gasteiger partial charge in [-0.2, -0.15) is 26.3 Å². The maximum Gasteiger partial charge on any atom is 0.416 e. The summed E-state index contributed by atoms with van der Waals surface area (Å²) >= 11 is 0. The minimum absolute atomic E-state index is 0.0850. The van der Waals surface area contributed by atoms with Gasteiger partial charge >= 0.3 is 24.3 Å². The van der Waals surface area contributed by atoms with E-state index in [1.54, 1.807) is 55.4 Å². The van der Waals surface area contributed by atoms with Gasteiger partial charge in [-0.05, 0) is 97.4 Å². The lowest BCUT2D eigenvalue weighted by atomic mass is 9.85. The summed E-state index contributed by atoms with van der Waals surface area (Å²) in [5.74, 6) is -9.45. The Balaban J connectivity index is 1.07. The highest BCUT2D eigenvalue weighted by Gasteiger charge is 2.49. The summed E-state index contributed by atoms with van der Waals surface area (Å²) < 4.78 is 100. The Hall–Kier alpha value is -11.0. The van der Waals surface area contributed by atoms with Gasteiger partial charge in [-0.25, -0.2) is 19.0 Å². The van der Waals surface area contributed by atoms with E-state index in [0.717, 1.165) is 36.4 Å². The largest absolute Gasteiger partial charge is 0.487 e. The van der Waals surface area contributed by atoms with Crippen LogP contribution in [0, 0.1) is 10.8 Å². The zero-order valence-electron chi connectivity index (χ0n) is 62.0. The zero-order chi connectivity index (χ0) is 80.5. The molecule has 2 fully saturated rings. The van der Waals surface area contributed by atoms with Crippen LogP contribution in [0.3, 0.4) is 0 Å². The summed E-state index contributed by atoms with van der Waals surface area (Å²) in [5, 5.41) is 59.7. The number of carboxylic acids is 2. The number of alkyl halides is 6. The monoisotopic (exact) mass is 1540 g/mol. The molecule has 110 heavy (non-hydrogen) atoms. The second kappa shape index (κ2) is 34.7. The van der Waals surface area contributed by atoms with Crippen LogP contribution in [-0.2, 0) is 99.2 Å². The number of rotatable bonds is 14. The predicted molar refractivity (Wildman–Crippen MR) is 380 cm³/mol. The Morgan fingerprint density at radius 3 is 1.20 bits per heavy atom. The minimum atomic E-state index is -4.84. The topological polar surface area (TPSA) is 394 Å². The zero-order valence-corrected chi connectivity index (χ0v) is 62.0. The number of likely N-dealkylation sites (tertiary alicyclic amines) is 2. The van der Waals surface area contributed by atoms with Crippen molar-refractivity contribution < 1.29 is 94.0 Å². The van der Waals surface area contributed by atoms with Gasteiger partial charge in [0.15, 0.2) is 0 Å². The Kier molecular flexibility index (Phi) is 26.2. The number of hydrogen-bond acceptors (Lipinski definition) is 18.